The van der Waals surface area contributed by atoms with E-state index in [1.165, 1.54) is 0 Å². The third kappa shape index (κ3) is 7.84. The molecule has 0 aromatic rings. The summed E-state index contributed by atoms with van der Waals surface area (Å²) in [5, 5.41) is 23.2. The van der Waals surface area contributed by atoms with Gasteiger partial charge in [0.15, 0.2) is 0 Å². The van der Waals surface area contributed by atoms with Crippen molar-refractivity contribution in [3.63, 3.8) is 0 Å². The van der Waals surface area contributed by atoms with Crippen molar-refractivity contribution >= 4 is 11.9 Å². The Kier molecular flexibility index (Phi) is 10.5. The lowest BCUT2D eigenvalue weighted by atomic mass is 9.61. The van der Waals surface area contributed by atoms with Crippen molar-refractivity contribution in [2.24, 2.45) is 22.2 Å². The lowest BCUT2D eigenvalue weighted by Crippen LogP contribution is -2.57. The van der Waals surface area contributed by atoms with E-state index in [0.29, 0.717) is 6.42 Å². The molecule has 6 nitrogen and oxygen atoms in total. The summed E-state index contributed by atoms with van der Waals surface area (Å²) in [5.74, 6) is -1.31. The number of aliphatic hydroxyl groups excluding tert-OH is 1. The van der Waals surface area contributed by atoms with Crippen LogP contribution in [-0.2, 0) is 14.3 Å². The number of nitrogens with one attached hydrogen (secondary N) is 1. The molecule has 0 aliphatic carbocycles. The second-order valence-corrected chi connectivity index (χ2v) is 11.4. The van der Waals surface area contributed by atoms with E-state index in [2.05, 4.69) is 26.1 Å². The van der Waals surface area contributed by atoms with Gasteiger partial charge in [0, 0.05) is 6.54 Å². The van der Waals surface area contributed by atoms with Gasteiger partial charge in [-0.1, -0.05) is 68.2 Å². The molecule has 3 N–H and O–H groups in total. The van der Waals surface area contributed by atoms with Gasteiger partial charge < -0.3 is 14.9 Å². The molecule has 0 radical (unpaired) electrons. The van der Waals surface area contributed by atoms with E-state index in [9.17, 15) is 19.8 Å². The Labute approximate surface area is 184 Å². The van der Waals surface area contributed by atoms with Crippen LogP contribution in [0.4, 0.5) is 0 Å². The quantitative estimate of drug-likeness (QED) is 0.391. The number of carbonyl (C=O) groups is 2. The molecule has 0 amide bonds. The number of hydrogen-bond donors (Lipinski definition) is 3. The molecule has 0 heterocycles. The SMILES string of the molecule is CCCC(CC)C(C)(NCC(O)COC(=O)C(C)(CC(C)(C)C)C(C)(C)C)C(=O)O. The average molecular weight is 430 g/mol. The maximum atomic E-state index is 13.0. The number of carboxylic acids is 1. The van der Waals surface area contributed by atoms with Gasteiger partial charge in [0.25, 0.3) is 0 Å². The Morgan fingerprint density at radius 3 is 1.90 bits per heavy atom. The number of esters is 1. The molecule has 4 unspecified atom stereocenters. The first-order valence-corrected chi connectivity index (χ1v) is 11.3. The van der Waals surface area contributed by atoms with E-state index in [1.807, 2.05) is 41.5 Å². The maximum Gasteiger partial charge on any atom is 0.323 e. The fraction of sp³-hybridized carbons (Fsp3) is 0.917. The molecule has 0 saturated heterocycles. The van der Waals surface area contributed by atoms with Gasteiger partial charge in [0.1, 0.15) is 18.2 Å². The summed E-state index contributed by atoms with van der Waals surface area (Å²) in [4.78, 5) is 24.9. The molecule has 0 spiro atoms. The van der Waals surface area contributed by atoms with Crippen LogP contribution in [0.3, 0.4) is 0 Å². The molecule has 6 heteroatoms. The van der Waals surface area contributed by atoms with Gasteiger partial charge in [-0.25, -0.2) is 0 Å². The third-order valence-electron chi connectivity index (χ3n) is 6.49. The molecule has 30 heavy (non-hydrogen) atoms. The topological polar surface area (TPSA) is 95.9 Å². The van der Waals surface area contributed by atoms with Gasteiger partial charge in [-0.15, -0.1) is 0 Å². The second kappa shape index (κ2) is 10.9. The lowest BCUT2D eigenvalue weighted by Gasteiger charge is -2.43. The van der Waals surface area contributed by atoms with Crippen LogP contribution in [0.1, 0.15) is 94.9 Å². The van der Waals surface area contributed by atoms with Crippen LogP contribution < -0.4 is 5.32 Å². The molecule has 4 atom stereocenters. The number of carbonyl (C=O) groups excluding carboxylic acids is 1. The van der Waals surface area contributed by atoms with Gasteiger partial charge >= 0.3 is 11.9 Å². The number of aliphatic carboxylic acids is 1. The maximum absolute atomic E-state index is 13.0. The highest BCUT2D eigenvalue weighted by Gasteiger charge is 2.48. The predicted octanol–water partition coefficient (Wildman–Crippen LogP) is 4.64. The molecule has 178 valence electrons. The summed E-state index contributed by atoms with van der Waals surface area (Å²) >= 11 is 0. The van der Waals surface area contributed by atoms with E-state index in [-0.39, 0.29) is 35.9 Å². The van der Waals surface area contributed by atoms with Gasteiger partial charge in [0.05, 0.1) is 5.41 Å². The standard InChI is InChI=1S/C24H47NO5/c1-11-13-17(12-2)24(10,19(27)28)25-14-18(26)15-30-20(29)23(9,22(6,7)8)16-21(3,4)5/h17-18,25-26H,11-16H2,1-10H3,(H,27,28). The molecule has 0 rings (SSSR count). The largest absolute Gasteiger partial charge is 0.480 e. The van der Waals surface area contributed by atoms with Crippen LogP contribution >= 0.6 is 0 Å². The van der Waals surface area contributed by atoms with Crippen molar-refractivity contribution in [3.05, 3.63) is 0 Å². The van der Waals surface area contributed by atoms with Gasteiger partial charge in [-0.2, -0.15) is 0 Å². The van der Waals surface area contributed by atoms with Crippen molar-refractivity contribution in [2.75, 3.05) is 13.2 Å². The Balaban J connectivity index is 5.12. The molecular formula is C24H47NO5. The second-order valence-electron chi connectivity index (χ2n) is 11.4. The summed E-state index contributed by atoms with van der Waals surface area (Å²) in [6.07, 6.45) is 2.08. The lowest BCUT2D eigenvalue weighted by molar-refractivity contribution is -0.168. The van der Waals surface area contributed by atoms with Crippen LogP contribution in [-0.4, -0.2) is 46.9 Å². The minimum atomic E-state index is -1.14. The van der Waals surface area contributed by atoms with E-state index < -0.39 is 23.0 Å². The molecular weight excluding hydrogens is 382 g/mol. The average Bonchev–Trinajstić information content (AvgIpc) is 2.59. The van der Waals surface area contributed by atoms with E-state index >= 15 is 0 Å². The zero-order valence-corrected chi connectivity index (χ0v) is 21.0. The zero-order chi connectivity index (χ0) is 24.0. The van der Waals surface area contributed by atoms with Crippen LogP contribution in [0, 0.1) is 22.2 Å². The molecule has 0 saturated carbocycles. The van der Waals surface area contributed by atoms with Crippen molar-refractivity contribution in [3.8, 4) is 0 Å². The molecule has 0 bridgehead atoms. The van der Waals surface area contributed by atoms with Gasteiger partial charge in [0.2, 0.25) is 0 Å². The molecule has 0 aromatic heterocycles. The summed E-state index contributed by atoms with van der Waals surface area (Å²) in [6.45, 7) is 19.8. The van der Waals surface area contributed by atoms with Crippen LogP contribution in [0.25, 0.3) is 0 Å². The predicted molar refractivity (Wildman–Crippen MR) is 121 cm³/mol. The molecule has 0 fully saturated rings. The number of ether oxygens (including phenoxy) is 1. The Bertz CT molecular complexity index is 563. The van der Waals surface area contributed by atoms with E-state index in [0.717, 1.165) is 19.3 Å². The Morgan fingerprint density at radius 1 is 1.00 bits per heavy atom. The number of rotatable bonds is 12. The Morgan fingerprint density at radius 2 is 1.53 bits per heavy atom. The van der Waals surface area contributed by atoms with Crippen LogP contribution in [0.5, 0.6) is 0 Å². The van der Waals surface area contributed by atoms with Gasteiger partial charge in [-0.05, 0) is 43.4 Å². The monoisotopic (exact) mass is 429 g/mol. The third-order valence-corrected chi connectivity index (χ3v) is 6.49. The van der Waals surface area contributed by atoms with Crippen molar-refractivity contribution in [1.29, 1.82) is 0 Å². The number of aliphatic hydroxyl groups is 1. The smallest absolute Gasteiger partial charge is 0.323 e. The van der Waals surface area contributed by atoms with Gasteiger partial charge in [-0.3, -0.25) is 14.9 Å². The Hall–Kier alpha value is -1.14. The highest BCUT2D eigenvalue weighted by molar-refractivity contribution is 5.79. The fourth-order valence-corrected chi connectivity index (χ4v) is 4.07. The van der Waals surface area contributed by atoms with Crippen molar-refractivity contribution < 1.29 is 24.5 Å². The fourth-order valence-electron chi connectivity index (χ4n) is 4.07. The van der Waals surface area contributed by atoms with Crippen LogP contribution in [0.2, 0.25) is 0 Å². The minimum absolute atomic E-state index is 0.0434. The summed E-state index contributed by atoms with van der Waals surface area (Å²) in [6, 6.07) is 0. The highest BCUT2D eigenvalue weighted by Crippen LogP contribution is 2.47. The van der Waals surface area contributed by atoms with Crippen LogP contribution in [0.15, 0.2) is 0 Å². The number of carboxylic acid groups (broad SMARTS) is 1. The molecule has 0 aromatic carbocycles. The first-order chi connectivity index (χ1) is 13.4. The summed E-state index contributed by atoms with van der Waals surface area (Å²) in [5.41, 5.74) is -2.21. The summed E-state index contributed by atoms with van der Waals surface area (Å²) in [7, 11) is 0. The normalized spacial score (nSPS) is 18.8. The molecule has 0 aliphatic heterocycles. The zero-order valence-electron chi connectivity index (χ0n) is 21.0. The number of β-amino-alcohol motifs (C(OH)–C–C–N with tert-alkyl or cyclic N) is 1. The minimum Gasteiger partial charge on any atom is -0.480 e. The highest BCUT2D eigenvalue weighted by atomic mass is 16.5. The number of hydrogen-bond acceptors (Lipinski definition) is 5. The van der Waals surface area contributed by atoms with E-state index in [1.54, 1.807) is 6.92 Å². The van der Waals surface area contributed by atoms with Crippen molar-refractivity contribution in [2.45, 2.75) is 107 Å². The first-order valence-electron chi connectivity index (χ1n) is 11.3. The van der Waals surface area contributed by atoms with Crippen molar-refractivity contribution in [1.82, 2.24) is 5.32 Å². The summed E-state index contributed by atoms with van der Waals surface area (Å²) < 4.78 is 5.53. The molecule has 0 aliphatic rings. The van der Waals surface area contributed by atoms with E-state index in [4.69, 9.17) is 4.74 Å². The first kappa shape index (κ1) is 28.9.